The number of nitrogens with zero attached hydrogens (tertiary/aromatic N) is 4. The molecule has 28 heavy (non-hydrogen) atoms. The van der Waals surface area contributed by atoms with Crippen molar-refractivity contribution in [2.24, 2.45) is 0 Å². The number of nitrogen functional groups attached to an aromatic ring is 1. The Morgan fingerprint density at radius 3 is 2.71 bits per heavy atom. The maximum Gasteiger partial charge on any atom is 0.134 e. The fourth-order valence-corrected chi connectivity index (χ4v) is 3.56. The van der Waals surface area contributed by atoms with E-state index in [0.29, 0.717) is 5.82 Å². The average Bonchev–Trinajstić information content (AvgIpc) is 2.71. The molecule has 1 aromatic carbocycles. The van der Waals surface area contributed by atoms with Gasteiger partial charge in [-0.05, 0) is 66.8 Å². The number of nitrogens with one attached hydrogen (secondary N) is 1. The van der Waals surface area contributed by atoms with Gasteiger partial charge in [0, 0.05) is 26.3 Å². The van der Waals surface area contributed by atoms with Crippen LogP contribution in [0.1, 0.15) is 24.1 Å². The number of aromatic nitrogens is 4. The van der Waals surface area contributed by atoms with Crippen molar-refractivity contribution in [3.63, 3.8) is 0 Å². The van der Waals surface area contributed by atoms with Gasteiger partial charge in [-0.15, -0.1) is 0 Å². The van der Waals surface area contributed by atoms with Crippen molar-refractivity contribution in [2.75, 3.05) is 11.1 Å². The number of fused-ring (bicyclic) bond motifs is 1. The van der Waals surface area contributed by atoms with E-state index in [2.05, 4.69) is 74.0 Å². The smallest absolute Gasteiger partial charge is 0.134 e. The zero-order valence-electron chi connectivity index (χ0n) is 15.5. The summed E-state index contributed by atoms with van der Waals surface area (Å²) in [5.41, 5.74) is 10.5. The Hall–Kier alpha value is -2.81. The molecular formula is C21H19IN6. The van der Waals surface area contributed by atoms with Gasteiger partial charge in [0.2, 0.25) is 0 Å². The summed E-state index contributed by atoms with van der Waals surface area (Å²) in [4.78, 5) is 17.8. The maximum absolute atomic E-state index is 5.93. The van der Waals surface area contributed by atoms with Crippen LogP contribution in [0.2, 0.25) is 0 Å². The summed E-state index contributed by atoms with van der Waals surface area (Å²) in [6.45, 7) is 3.99. The highest BCUT2D eigenvalue weighted by Gasteiger charge is 2.17. The lowest BCUT2D eigenvalue weighted by molar-refractivity contribution is 0.866. The first-order valence-corrected chi connectivity index (χ1v) is 9.96. The van der Waals surface area contributed by atoms with Crippen LogP contribution in [0.15, 0.2) is 55.0 Å². The molecule has 0 aliphatic heterocycles. The first-order valence-electron chi connectivity index (χ1n) is 8.88. The highest BCUT2D eigenvalue weighted by atomic mass is 127. The van der Waals surface area contributed by atoms with Crippen LogP contribution >= 0.6 is 22.6 Å². The molecule has 0 saturated carbocycles. The molecule has 4 rings (SSSR count). The van der Waals surface area contributed by atoms with Crippen molar-refractivity contribution >= 4 is 45.1 Å². The lowest BCUT2D eigenvalue weighted by Gasteiger charge is -2.20. The van der Waals surface area contributed by atoms with Gasteiger partial charge in [-0.25, -0.2) is 15.0 Å². The van der Waals surface area contributed by atoms with E-state index in [9.17, 15) is 0 Å². The largest absolute Gasteiger partial charge is 0.383 e. The summed E-state index contributed by atoms with van der Waals surface area (Å²) in [5.74, 6) is 1.19. The standard InChI is InChI=1S/C21H19IN6/c1-12-20(23)25-11-26-21(12)27-13(2)16-9-14-6-7-15(22)10-18(14)28-19(16)17-5-3-4-8-24-17/h3-11,13H,1-2H3,(H3,23,25,26,27). The highest BCUT2D eigenvalue weighted by Crippen LogP contribution is 2.31. The van der Waals surface area contributed by atoms with Crippen LogP contribution in [0, 0.1) is 10.5 Å². The fraction of sp³-hybridized carbons (Fsp3) is 0.143. The van der Waals surface area contributed by atoms with Crippen LogP contribution in [-0.2, 0) is 0 Å². The second-order valence-corrected chi connectivity index (χ2v) is 7.82. The third-order valence-corrected chi connectivity index (χ3v) is 5.33. The van der Waals surface area contributed by atoms with Crippen molar-refractivity contribution in [3.05, 3.63) is 69.7 Å². The highest BCUT2D eigenvalue weighted by molar-refractivity contribution is 14.1. The second-order valence-electron chi connectivity index (χ2n) is 6.58. The molecule has 0 radical (unpaired) electrons. The number of hydrogen-bond donors (Lipinski definition) is 2. The molecule has 1 unspecified atom stereocenters. The van der Waals surface area contributed by atoms with Crippen LogP contribution in [0.4, 0.5) is 11.6 Å². The fourth-order valence-electron chi connectivity index (χ4n) is 3.09. The van der Waals surface area contributed by atoms with E-state index in [1.807, 2.05) is 25.1 Å². The average molecular weight is 482 g/mol. The molecule has 3 aromatic heterocycles. The predicted molar refractivity (Wildman–Crippen MR) is 121 cm³/mol. The topological polar surface area (TPSA) is 89.6 Å². The number of pyridine rings is 2. The van der Waals surface area contributed by atoms with Crippen molar-refractivity contribution in [3.8, 4) is 11.4 Å². The van der Waals surface area contributed by atoms with Crippen LogP contribution in [0.25, 0.3) is 22.3 Å². The maximum atomic E-state index is 5.93. The minimum Gasteiger partial charge on any atom is -0.383 e. The van der Waals surface area contributed by atoms with Gasteiger partial charge in [0.15, 0.2) is 0 Å². The predicted octanol–water partition coefficient (Wildman–Crippen LogP) is 4.76. The first kappa shape index (κ1) is 18.5. The second kappa shape index (κ2) is 7.67. The Labute approximate surface area is 176 Å². The van der Waals surface area contributed by atoms with Gasteiger partial charge < -0.3 is 11.1 Å². The summed E-state index contributed by atoms with van der Waals surface area (Å²) >= 11 is 2.30. The molecule has 3 N–H and O–H groups in total. The molecule has 4 aromatic rings. The number of halogens is 1. The van der Waals surface area contributed by atoms with Crippen LogP contribution in [0.3, 0.4) is 0 Å². The zero-order chi connectivity index (χ0) is 19.7. The molecule has 0 saturated heterocycles. The van der Waals surface area contributed by atoms with Crippen molar-refractivity contribution < 1.29 is 0 Å². The molecule has 0 aliphatic carbocycles. The third kappa shape index (κ3) is 3.62. The normalized spacial score (nSPS) is 12.1. The van der Waals surface area contributed by atoms with Gasteiger partial charge in [-0.2, -0.15) is 0 Å². The zero-order valence-corrected chi connectivity index (χ0v) is 17.7. The van der Waals surface area contributed by atoms with Gasteiger partial charge in [0.05, 0.1) is 22.9 Å². The minimum absolute atomic E-state index is 0.0545. The molecule has 3 heterocycles. The molecule has 0 spiro atoms. The molecule has 0 aliphatic rings. The lowest BCUT2D eigenvalue weighted by Crippen LogP contribution is -2.12. The summed E-state index contributed by atoms with van der Waals surface area (Å²) in [5, 5.41) is 4.54. The first-order chi connectivity index (χ1) is 13.5. The molecule has 0 amide bonds. The Morgan fingerprint density at radius 2 is 1.93 bits per heavy atom. The van der Waals surface area contributed by atoms with E-state index in [1.165, 1.54) is 6.33 Å². The van der Waals surface area contributed by atoms with E-state index >= 15 is 0 Å². The number of benzene rings is 1. The van der Waals surface area contributed by atoms with Crippen LogP contribution < -0.4 is 11.1 Å². The van der Waals surface area contributed by atoms with E-state index in [-0.39, 0.29) is 6.04 Å². The molecular weight excluding hydrogens is 463 g/mol. The third-order valence-electron chi connectivity index (χ3n) is 4.66. The van der Waals surface area contributed by atoms with Crippen molar-refractivity contribution in [1.82, 2.24) is 19.9 Å². The van der Waals surface area contributed by atoms with Gasteiger partial charge in [0.1, 0.15) is 18.0 Å². The number of hydrogen-bond acceptors (Lipinski definition) is 6. The van der Waals surface area contributed by atoms with Gasteiger partial charge in [0.25, 0.3) is 0 Å². The van der Waals surface area contributed by atoms with E-state index in [1.54, 1.807) is 6.20 Å². The summed E-state index contributed by atoms with van der Waals surface area (Å²) < 4.78 is 1.15. The number of rotatable bonds is 4. The summed E-state index contributed by atoms with van der Waals surface area (Å²) in [6.07, 6.45) is 3.25. The van der Waals surface area contributed by atoms with Gasteiger partial charge in [-0.1, -0.05) is 12.1 Å². The minimum atomic E-state index is -0.0545. The van der Waals surface area contributed by atoms with E-state index in [0.717, 1.165) is 42.8 Å². The molecule has 140 valence electrons. The van der Waals surface area contributed by atoms with Gasteiger partial charge in [-0.3, -0.25) is 4.98 Å². The van der Waals surface area contributed by atoms with E-state index in [4.69, 9.17) is 10.7 Å². The van der Waals surface area contributed by atoms with E-state index < -0.39 is 0 Å². The summed E-state index contributed by atoms with van der Waals surface area (Å²) in [7, 11) is 0. The Bertz CT molecular complexity index is 1150. The molecule has 1 atom stereocenters. The summed E-state index contributed by atoms with van der Waals surface area (Å²) in [6, 6.07) is 14.2. The molecule has 6 nitrogen and oxygen atoms in total. The van der Waals surface area contributed by atoms with Crippen molar-refractivity contribution in [1.29, 1.82) is 0 Å². The van der Waals surface area contributed by atoms with Crippen molar-refractivity contribution in [2.45, 2.75) is 19.9 Å². The Balaban J connectivity index is 1.84. The van der Waals surface area contributed by atoms with Gasteiger partial charge >= 0.3 is 0 Å². The molecule has 0 fully saturated rings. The lowest BCUT2D eigenvalue weighted by atomic mass is 10.0. The molecule has 0 bridgehead atoms. The van der Waals surface area contributed by atoms with Crippen LogP contribution in [-0.4, -0.2) is 19.9 Å². The molecule has 7 heteroatoms. The quantitative estimate of drug-likeness (QED) is 0.408. The Kier molecular flexibility index (Phi) is 5.08. The van der Waals surface area contributed by atoms with Crippen LogP contribution in [0.5, 0.6) is 0 Å². The number of anilines is 2. The number of nitrogens with two attached hydrogens (primary N) is 1. The monoisotopic (exact) mass is 482 g/mol. The SMILES string of the molecule is Cc1c(N)ncnc1NC(C)c1cc2ccc(I)cc2nc1-c1ccccn1. The Morgan fingerprint density at radius 1 is 1.07 bits per heavy atom.